The maximum Gasteiger partial charge on any atom is 0.225 e. The zero-order chi connectivity index (χ0) is 13.0. The third-order valence-electron chi connectivity index (χ3n) is 1.92. The average molecular weight is 403 g/mol. The molecule has 94 valence electrons. The van der Waals surface area contributed by atoms with Gasteiger partial charge in [0.05, 0.1) is 17.5 Å². The van der Waals surface area contributed by atoms with Crippen molar-refractivity contribution < 1.29 is 0 Å². The highest BCUT2D eigenvalue weighted by Crippen LogP contribution is 2.33. The van der Waals surface area contributed by atoms with Gasteiger partial charge in [0, 0.05) is 0 Å². The minimum Gasteiger partial charge on any atom is -0.219 e. The van der Waals surface area contributed by atoms with E-state index in [1.807, 2.05) is 31.5 Å². The lowest BCUT2D eigenvalue weighted by Crippen LogP contribution is -1.90. The van der Waals surface area contributed by atoms with E-state index >= 15 is 0 Å². The molecule has 0 spiro atoms. The summed E-state index contributed by atoms with van der Waals surface area (Å²) < 4.78 is 1.86. The number of halogens is 2. The van der Waals surface area contributed by atoms with Crippen molar-refractivity contribution in [2.45, 2.75) is 25.8 Å². The van der Waals surface area contributed by atoms with Crippen molar-refractivity contribution in [3.8, 4) is 0 Å². The molecule has 0 saturated heterocycles. The Labute approximate surface area is 125 Å². The predicted octanol–water partition coefficient (Wildman–Crippen LogP) is 4.33. The third-order valence-corrected chi connectivity index (χ3v) is 4.61. The highest BCUT2D eigenvalue weighted by Gasteiger charge is 2.14. The number of thioether (sulfide) groups is 1. The number of aromatic nitrogens is 4. The van der Waals surface area contributed by atoms with Crippen LogP contribution in [0.4, 0.5) is 0 Å². The van der Waals surface area contributed by atoms with E-state index in [0.29, 0.717) is 6.37 Å². The van der Waals surface area contributed by atoms with Crippen LogP contribution in [0.15, 0.2) is 5.03 Å². The SMILES string of the molecule is CC.CSc1nc(Cl)nc2c1c(C)nn2PI. The fraction of sp³-hybridized carbons (Fsp3) is 0.444. The molecular formula is C9H13ClIN4PS. The first-order valence-electron chi connectivity index (χ1n) is 5.01. The number of fused-ring (bicyclic) bond motifs is 1. The molecule has 0 aliphatic carbocycles. The average Bonchev–Trinajstić information content (AvgIpc) is 2.67. The molecule has 0 saturated carbocycles. The number of aryl methyl sites for hydroxylation is 1. The van der Waals surface area contributed by atoms with E-state index in [0.717, 1.165) is 21.8 Å². The monoisotopic (exact) mass is 402 g/mol. The zero-order valence-corrected chi connectivity index (χ0v) is 14.7. The Morgan fingerprint density at radius 2 is 2.00 bits per heavy atom. The number of hydrogen-bond acceptors (Lipinski definition) is 4. The Hall–Kier alpha value is 0.350. The summed E-state index contributed by atoms with van der Waals surface area (Å²) in [5.74, 6) is 0. The van der Waals surface area contributed by atoms with Gasteiger partial charge in [-0.1, -0.05) is 13.8 Å². The first kappa shape index (κ1) is 15.4. The van der Waals surface area contributed by atoms with Gasteiger partial charge >= 0.3 is 0 Å². The molecule has 0 bridgehead atoms. The molecule has 0 fully saturated rings. The normalized spacial score (nSPS) is 10.9. The Bertz CT molecular complexity index is 519. The Morgan fingerprint density at radius 3 is 2.53 bits per heavy atom. The molecule has 0 radical (unpaired) electrons. The van der Waals surface area contributed by atoms with E-state index in [1.165, 1.54) is 0 Å². The van der Waals surface area contributed by atoms with Crippen LogP contribution >= 0.6 is 51.8 Å². The van der Waals surface area contributed by atoms with Crippen molar-refractivity contribution >= 4 is 62.8 Å². The maximum atomic E-state index is 5.86. The van der Waals surface area contributed by atoms with Gasteiger partial charge in [-0.3, -0.25) is 0 Å². The molecule has 4 nitrogen and oxygen atoms in total. The minimum atomic E-state index is 0.280. The van der Waals surface area contributed by atoms with Crippen molar-refractivity contribution in [2.75, 3.05) is 6.26 Å². The van der Waals surface area contributed by atoms with Gasteiger partial charge in [0.1, 0.15) is 5.03 Å². The lowest BCUT2D eigenvalue weighted by atomic mass is 10.3. The molecule has 17 heavy (non-hydrogen) atoms. The summed E-state index contributed by atoms with van der Waals surface area (Å²) >= 11 is 9.70. The standard InChI is InChI=1S/C7H7ClIN4PS.C2H6/c1-3-4-5(13(12-3)14-9)10-7(8)11-6(4)15-2;1-2/h14H,1-2H3;1-2H3. The highest BCUT2D eigenvalue weighted by atomic mass is 127. The summed E-state index contributed by atoms with van der Waals surface area (Å²) in [6.45, 7) is 5.96. The molecule has 2 heterocycles. The van der Waals surface area contributed by atoms with Crippen molar-refractivity contribution in [2.24, 2.45) is 0 Å². The van der Waals surface area contributed by atoms with E-state index in [-0.39, 0.29) is 5.28 Å². The van der Waals surface area contributed by atoms with Crippen LogP contribution in [0.3, 0.4) is 0 Å². The van der Waals surface area contributed by atoms with Gasteiger partial charge in [0.25, 0.3) is 0 Å². The quantitative estimate of drug-likeness (QED) is 0.247. The molecule has 1 unspecified atom stereocenters. The molecule has 2 aromatic heterocycles. The second-order valence-corrected chi connectivity index (χ2v) is 5.96. The van der Waals surface area contributed by atoms with E-state index in [9.17, 15) is 0 Å². The Morgan fingerprint density at radius 1 is 1.35 bits per heavy atom. The van der Waals surface area contributed by atoms with Gasteiger partial charge in [0.15, 0.2) is 5.65 Å². The first-order valence-corrected chi connectivity index (χ1v) is 10.7. The van der Waals surface area contributed by atoms with Gasteiger partial charge < -0.3 is 0 Å². The van der Waals surface area contributed by atoms with Crippen molar-refractivity contribution in [3.63, 3.8) is 0 Å². The summed E-state index contributed by atoms with van der Waals surface area (Å²) in [4.78, 5) is 8.41. The van der Waals surface area contributed by atoms with Crippen LogP contribution < -0.4 is 0 Å². The fourth-order valence-electron chi connectivity index (χ4n) is 1.33. The lowest BCUT2D eigenvalue weighted by Gasteiger charge is -2.00. The molecule has 8 heteroatoms. The molecule has 0 aromatic carbocycles. The number of hydrogen-bond donors (Lipinski definition) is 0. The first-order chi connectivity index (χ1) is 8.17. The summed E-state index contributed by atoms with van der Waals surface area (Å²) in [6.07, 6.45) is 2.49. The van der Waals surface area contributed by atoms with Crippen molar-refractivity contribution in [3.05, 3.63) is 11.0 Å². The Kier molecular flexibility index (Phi) is 6.40. The van der Waals surface area contributed by atoms with Gasteiger partial charge in [-0.25, -0.2) is 9.44 Å². The van der Waals surface area contributed by atoms with Crippen LogP contribution in [0.1, 0.15) is 19.5 Å². The lowest BCUT2D eigenvalue weighted by molar-refractivity contribution is 0.986. The van der Waals surface area contributed by atoms with Crippen LogP contribution in [0, 0.1) is 6.92 Å². The summed E-state index contributed by atoms with van der Waals surface area (Å²) in [7, 11) is 0. The van der Waals surface area contributed by atoms with Crippen molar-refractivity contribution in [1.29, 1.82) is 0 Å². The van der Waals surface area contributed by atoms with Gasteiger partial charge in [-0.2, -0.15) is 10.1 Å². The topological polar surface area (TPSA) is 43.6 Å². The van der Waals surface area contributed by atoms with E-state index in [2.05, 4.69) is 37.1 Å². The van der Waals surface area contributed by atoms with Crippen LogP contribution in [0.5, 0.6) is 0 Å². The second kappa shape index (κ2) is 7.07. The van der Waals surface area contributed by atoms with E-state index in [4.69, 9.17) is 11.6 Å². The van der Waals surface area contributed by atoms with Crippen LogP contribution in [-0.2, 0) is 0 Å². The van der Waals surface area contributed by atoms with Gasteiger partial charge in [0.2, 0.25) is 5.28 Å². The van der Waals surface area contributed by atoms with E-state index < -0.39 is 0 Å². The summed E-state index contributed by atoms with van der Waals surface area (Å²) in [5.41, 5.74) is 1.78. The van der Waals surface area contributed by atoms with Crippen LogP contribution in [-0.4, -0.2) is 25.8 Å². The molecule has 0 aliphatic heterocycles. The molecule has 0 amide bonds. The summed E-state index contributed by atoms with van der Waals surface area (Å²) in [5, 5.41) is 6.59. The minimum absolute atomic E-state index is 0.280. The molecular weight excluding hydrogens is 390 g/mol. The number of nitrogens with zero attached hydrogens (tertiary/aromatic N) is 4. The van der Waals surface area contributed by atoms with Gasteiger partial charge in [-0.05, 0) is 46.8 Å². The molecule has 2 rings (SSSR count). The molecule has 1 atom stereocenters. The Balaban J connectivity index is 0.000000686. The zero-order valence-electron chi connectivity index (χ0n) is 9.95. The largest absolute Gasteiger partial charge is 0.225 e. The van der Waals surface area contributed by atoms with E-state index in [1.54, 1.807) is 11.8 Å². The molecule has 0 N–H and O–H groups in total. The predicted molar refractivity (Wildman–Crippen MR) is 85.9 cm³/mol. The fourth-order valence-corrected chi connectivity index (χ4v) is 3.60. The van der Waals surface area contributed by atoms with Crippen molar-refractivity contribution in [1.82, 2.24) is 19.5 Å². The molecule has 0 aliphatic rings. The maximum absolute atomic E-state index is 5.86. The van der Waals surface area contributed by atoms with Crippen LogP contribution in [0.2, 0.25) is 5.28 Å². The summed E-state index contributed by atoms with van der Waals surface area (Å²) in [6, 6.07) is 0. The molecule has 2 aromatic rings. The second-order valence-electron chi connectivity index (χ2n) is 2.78. The van der Waals surface area contributed by atoms with Crippen LogP contribution in [0.25, 0.3) is 11.0 Å². The third kappa shape index (κ3) is 3.22. The van der Waals surface area contributed by atoms with Gasteiger partial charge in [-0.15, -0.1) is 11.8 Å². The smallest absolute Gasteiger partial charge is 0.219 e. The highest BCUT2D eigenvalue weighted by molar-refractivity contribution is 14.2. The number of rotatable bonds is 2.